The van der Waals surface area contributed by atoms with E-state index in [2.05, 4.69) is 5.32 Å². The molecule has 3 rings (SSSR count). The van der Waals surface area contributed by atoms with Crippen molar-refractivity contribution >= 4 is 28.9 Å². The van der Waals surface area contributed by atoms with Crippen molar-refractivity contribution in [2.24, 2.45) is 0 Å². The van der Waals surface area contributed by atoms with Gasteiger partial charge in [0.2, 0.25) is 0 Å². The average molecular weight is 358 g/mol. The van der Waals surface area contributed by atoms with Crippen LogP contribution in [0.5, 0.6) is 5.75 Å². The standard InChI is InChI=1S/C14H13Cl2N3O4/c15-11(13(16)18-5-7-22-8-6-18)12(19(20)21)14-17-9-3-1-2-4-10(9)23-14/h1-4,17H,5-8H2/b13-11+,14-12-. The number of hydrogen-bond donors (Lipinski definition) is 1. The van der Waals surface area contributed by atoms with Gasteiger partial charge in [0, 0.05) is 13.1 Å². The SMILES string of the molecule is O=[N+]([O-])C(=C1/Nc2ccccc2O1)/C(Cl)=C(/Cl)N1CCOCC1. The molecule has 2 aliphatic rings. The Hall–Kier alpha value is -1.96. The molecule has 2 aliphatic heterocycles. The summed E-state index contributed by atoms with van der Waals surface area (Å²) in [5.41, 5.74) is 0.230. The predicted octanol–water partition coefficient (Wildman–Crippen LogP) is 2.92. The van der Waals surface area contributed by atoms with E-state index in [0.717, 1.165) is 0 Å². The Morgan fingerprint density at radius 2 is 1.96 bits per heavy atom. The first-order chi connectivity index (χ1) is 11.1. The molecule has 0 radical (unpaired) electrons. The molecule has 0 unspecified atom stereocenters. The van der Waals surface area contributed by atoms with Crippen molar-refractivity contribution in [3.05, 3.63) is 56.1 Å². The minimum atomic E-state index is -0.612. The van der Waals surface area contributed by atoms with Gasteiger partial charge in [0.25, 0.3) is 5.88 Å². The maximum Gasteiger partial charge on any atom is 0.350 e. The largest absolute Gasteiger partial charge is 0.433 e. The lowest BCUT2D eigenvalue weighted by atomic mass is 10.3. The van der Waals surface area contributed by atoms with Crippen molar-refractivity contribution in [2.75, 3.05) is 31.6 Å². The van der Waals surface area contributed by atoms with Crippen molar-refractivity contribution < 1.29 is 14.4 Å². The number of halogens is 2. The van der Waals surface area contributed by atoms with Gasteiger partial charge >= 0.3 is 5.70 Å². The van der Waals surface area contributed by atoms with E-state index in [4.69, 9.17) is 32.7 Å². The minimum absolute atomic E-state index is 0.0485. The Labute approximate surface area is 142 Å². The van der Waals surface area contributed by atoms with Gasteiger partial charge in [-0.25, -0.2) is 0 Å². The number of para-hydroxylation sites is 2. The van der Waals surface area contributed by atoms with E-state index in [9.17, 15) is 10.1 Å². The first-order valence-corrected chi connectivity index (χ1v) is 7.64. The van der Waals surface area contributed by atoms with Crippen LogP contribution >= 0.6 is 23.2 Å². The summed E-state index contributed by atoms with van der Waals surface area (Å²) in [6, 6.07) is 7.02. The zero-order valence-electron chi connectivity index (χ0n) is 11.9. The summed E-state index contributed by atoms with van der Waals surface area (Å²) in [7, 11) is 0. The summed E-state index contributed by atoms with van der Waals surface area (Å²) in [5.74, 6) is 0.446. The van der Waals surface area contributed by atoms with Crippen LogP contribution in [0.25, 0.3) is 0 Å². The molecule has 9 heteroatoms. The van der Waals surface area contributed by atoms with Gasteiger partial charge in [-0.1, -0.05) is 35.3 Å². The Morgan fingerprint density at radius 1 is 1.26 bits per heavy atom. The highest BCUT2D eigenvalue weighted by molar-refractivity contribution is 6.40. The van der Waals surface area contributed by atoms with Gasteiger partial charge in [0.05, 0.1) is 23.8 Å². The highest BCUT2D eigenvalue weighted by Gasteiger charge is 2.33. The third kappa shape index (κ3) is 3.21. The Kier molecular flexibility index (Phi) is 4.61. The fraction of sp³-hybridized carbons (Fsp3) is 0.286. The lowest BCUT2D eigenvalue weighted by Gasteiger charge is -2.28. The number of anilines is 1. The lowest BCUT2D eigenvalue weighted by Crippen LogP contribution is -2.34. The number of ether oxygens (including phenoxy) is 2. The maximum absolute atomic E-state index is 11.5. The van der Waals surface area contributed by atoms with Gasteiger partial charge in [-0.3, -0.25) is 10.1 Å². The number of rotatable bonds is 3. The number of allylic oxidation sites excluding steroid dienone is 1. The van der Waals surface area contributed by atoms with E-state index in [1.807, 2.05) is 0 Å². The number of benzene rings is 1. The normalized spacial score (nSPS) is 20.2. The Morgan fingerprint density at radius 3 is 2.61 bits per heavy atom. The molecule has 0 atom stereocenters. The summed E-state index contributed by atoms with van der Waals surface area (Å²) in [6.45, 7) is 2.02. The smallest absolute Gasteiger partial charge is 0.350 e. The Bertz CT molecular complexity index is 672. The van der Waals surface area contributed by atoms with Crippen LogP contribution < -0.4 is 10.1 Å². The highest BCUT2D eigenvalue weighted by Crippen LogP contribution is 2.37. The number of fused-ring (bicyclic) bond motifs is 1. The maximum atomic E-state index is 11.5. The quantitative estimate of drug-likeness (QED) is 0.509. The molecule has 122 valence electrons. The summed E-state index contributed by atoms with van der Waals surface area (Å²) in [6.07, 6.45) is 0. The molecule has 23 heavy (non-hydrogen) atoms. The predicted molar refractivity (Wildman–Crippen MR) is 85.8 cm³/mol. The molecule has 2 heterocycles. The van der Waals surface area contributed by atoms with Crippen LogP contribution in [-0.2, 0) is 4.74 Å². The summed E-state index contributed by atoms with van der Waals surface area (Å²) in [4.78, 5) is 12.6. The van der Waals surface area contributed by atoms with Gasteiger partial charge in [0.15, 0.2) is 10.8 Å². The monoisotopic (exact) mass is 357 g/mol. The summed E-state index contributed by atoms with van der Waals surface area (Å²) in [5, 5.41) is 14.3. The van der Waals surface area contributed by atoms with Crippen molar-refractivity contribution in [1.82, 2.24) is 4.90 Å². The van der Waals surface area contributed by atoms with Crippen LogP contribution in [0.3, 0.4) is 0 Å². The molecular weight excluding hydrogens is 345 g/mol. The van der Waals surface area contributed by atoms with E-state index < -0.39 is 10.6 Å². The van der Waals surface area contributed by atoms with E-state index in [0.29, 0.717) is 37.7 Å². The second-order valence-electron chi connectivity index (χ2n) is 4.86. The molecule has 1 aromatic rings. The number of nitrogens with zero attached hydrogens (tertiary/aromatic N) is 2. The molecule has 0 aliphatic carbocycles. The molecule has 0 amide bonds. The van der Waals surface area contributed by atoms with Crippen LogP contribution in [0.2, 0.25) is 0 Å². The van der Waals surface area contributed by atoms with E-state index in [1.54, 1.807) is 29.2 Å². The van der Waals surface area contributed by atoms with Crippen molar-refractivity contribution in [1.29, 1.82) is 0 Å². The van der Waals surface area contributed by atoms with Crippen LogP contribution in [0.15, 0.2) is 46.0 Å². The first-order valence-electron chi connectivity index (χ1n) is 6.89. The molecule has 1 saturated heterocycles. The van der Waals surface area contributed by atoms with Crippen LogP contribution in [-0.4, -0.2) is 36.1 Å². The first kappa shape index (κ1) is 15.9. The number of nitro groups is 1. The molecular formula is C14H13Cl2N3O4. The number of morpholine rings is 1. The van der Waals surface area contributed by atoms with Gasteiger partial charge in [0.1, 0.15) is 5.16 Å². The van der Waals surface area contributed by atoms with E-state index in [-0.39, 0.29) is 16.1 Å². The summed E-state index contributed by atoms with van der Waals surface area (Å²) < 4.78 is 10.7. The van der Waals surface area contributed by atoms with Crippen molar-refractivity contribution in [2.45, 2.75) is 0 Å². The molecule has 0 saturated carbocycles. The molecule has 0 aromatic heterocycles. The van der Waals surface area contributed by atoms with Gasteiger partial charge in [-0.05, 0) is 12.1 Å². The van der Waals surface area contributed by atoms with Crippen LogP contribution in [0, 0.1) is 10.1 Å². The van der Waals surface area contributed by atoms with Crippen molar-refractivity contribution in [3.63, 3.8) is 0 Å². The third-order valence-electron chi connectivity index (χ3n) is 3.42. The zero-order chi connectivity index (χ0) is 16.4. The van der Waals surface area contributed by atoms with Gasteiger partial charge in [-0.15, -0.1) is 0 Å². The average Bonchev–Trinajstić information content (AvgIpc) is 2.98. The fourth-order valence-electron chi connectivity index (χ4n) is 2.28. The van der Waals surface area contributed by atoms with Crippen LogP contribution in [0.1, 0.15) is 0 Å². The van der Waals surface area contributed by atoms with Gasteiger partial charge < -0.3 is 19.7 Å². The van der Waals surface area contributed by atoms with E-state index >= 15 is 0 Å². The summed E-state index contributed by atoms with van der Waals surface area (Å²) >= 11 is 12.4. The van der Waals surface area contributed by atoms with Crippen LogP contribution in [0.4, 0.5) is 5.69 Å². The number of hydrogen-bond acceptors (Lipinski definition) is 6. The zero-order valence-corrected chi connectivity index (χ0v) is 13.4. The molecule has 0 spiro atoms. The topological polar surface area (TPSA) is 76.9 Å². The lowest BCUT2D eigenvalue weighted by molar-refractivity contribution is -0.422. The molecule has 1 aromatic carbocycles. The molecule has 7 nitrogen and oxygen atoms in total. The minimum Gasteiger partial charge on any atom is -0.433 e. The van der Waals surface area contributed by atoms with E-state index in [1.165, 1.54) is 0 Å². The van der Waals surface area contributed by atoms with Gasteiger partial charge in [-0.2, -0.15) is 0 Å². The highest BCUT2D eigenvalue weighted by atomic mass is 35.5. The number of nitrogens with one attached hydrogen (secondary N) is 1. The molecule has 1 N–H and O–H groups in total. The second kappa shape index (κ2) is 6.66. The van der Waals surface area contributed by atoms with Crippen molar-refractivity contribution in [3.8, 4) is 5.75 Å². The third-order valence-corrected chi connectivity index (χ3v) is 4.31. The molecule has 0 bridgehead atoms. The Balaban J connectivity index is 1.96. The second-order valence-corrected chi connectivity index (χ2v) is 5.60. The fourth-order valence-corrected chi connectivity index (χ4v) is 2.82. The molecule has 1 fully saturated rings.